The number of aromatic nitrogens is 4. The smallest absolute Gasteiger partial charge is 0.160 e. The molecule has 0 unspecified atom stereocenters. The molecule has 310 valence electrons. The maximum Gasteiger partial charge on any atom is 0.160 e. The van der Waals surface area contributed by atoms with E-state index in [1.54, 1.807) is 0 Å². The van der Waals surface area contributed by atoms with Crippen LogP contribution < -0.4 is 0 Å². The normalized spacial score (nSPS) is 12.2. The van der Waals surface area contributed by atoms with Crippen molar-refractivity contribution in [2.45, 2.75) is 52.4 Å². The van der Waals surface area contributed by atoms with E-state index in [1.807, 2.05) is 6.07 Å². The van der Waals surface area contributed by atoms with Crippen LogP contribution in [0.15, 0.2) is 194 Å². The second-order valence-corrected chi connectivity index (χ2v) is 19.2. The Bertz CT molecular complexity index is 3570. The first-order valence-corrected chi connectivity index (χ1v) is 22.3. The van der Waals surface area contributed by atoms with Crippen LogP contribution in [0.1, 0.15) is 52.7 Å². The van der Waals surface area contributed by atoms with E-state index in [-0.39, 0.29) is 10.8 Å². The van der Waals surface area contributed by atoms with Crippen LogP contribution in [0, 0.1) is 0 Å². The second kappa shape index (κ2) is 15.1. The molecule has 3 heterocycles. The number of rotatable bonds is 6. The topological polar surface area (TPSA) is 35.6 Å². The molecule has 0 bridgehead atoms. The lowest BCUT2D eigenvalue weighted by molar-refractivity contribution is 0.591. The van der Waals surface area contributed by atoms with Gasteiger partial charge in [-0.15, -0.1) is 0 Å². The monoisotopic (exact) mass is 826 g/mol. The number of benzene rings is 8. The Labute approximate surface area is 375 Å². The lowest BCUT2D eigenvalue weighted by atomic mass is 9.86. The summed E-state index contributed by atoms with van der Waals surface area (Å²) in [6.07, 6.45) is 0. The third-order valence-electron chi connectivity index (χ3n) is 12.8. The van der Waals surface area contributed by atoms with E-state index in [9.17, 15) is 0 Å². The molecule has 0 saturated carbocycles. The first-order chi connectivity index (χ1) is 31.0. The zero-order valence-corrected chi connectivity index (χ0v) is 37.3. The van der Waals surface area contributed by atoms with Gasteiger partial charge in [-0.05, 0) is 106 Å². The molecule has 0 amide bonds. The van der Waals surface area contributed by atoms with E-state index >= 15 is 0 Å². The van der Waals surface area contributed by atoms with Crippen molar-refractivity contribution >= 4 is 43.6 Å². The summed E-state index contributed by atoms with van der Waals surface area (Å²) in [5, 5.41) is 5.04. The zero-order valence-electron chi connectivity index (χ0n) is 37.3. The number of para-hydroxylation sites is 2. The molecule has 11 rings (SSSR count). The first kappa shape index (κ1) is 39.3. The van der Waals surface area contributed by atoms with Crippen LogP contribution in [0.3, 0.4) is 0 Å². The van der Waals surface area contributed by atoms with Gasteiger partial charge in [0.1, 0.15) is 0 Å². The SMILES string of the molecule is CC(C)(C)c1ccc2c(c1)c1ccccc1n2-c1cccc(-c2cccc(-c3cc(-c4ccccc4)nc(-c4cccc(-n5c6ccccc6c6cc(C(C)(C)C)ccc65)c4)n3)c2)c1. The van der Waals surface area contributed by atoms with Crippen LogP contribution in [0.4, 0.5) is 0 Å². The summed E-state index contributed by atoms with van der Waals surface area (Å²) in [6, 6.07) is 70.3. The molecule has 64 heavy (non-hydrogen) atoms. The van der Waals surface area contributed by atoms with E-state index in [2.05, 4.69) is 239 Å². The van der Waals surface area contributed by atoms with E-state index in [0.717, 1.165) is 50.6 Å². The van der Waals surface area contributed by atoms with Crippen LogP contribution in [0.25, 0.3) is 100 Å². The molecule has 3 aromatic heterocycles. The third kappa shape index (κ3) is 6.87. The summed E-state index contributed by atoms with van der Waals surface area (Å²) in [5.74, 6) is 0.683. The van der Waals surface area contributed by atoms with Crippen molar-refractivity contribution in [2.24, 2.45) is 0 Å². The molecule has 0 aliphatic rings. The number of fused-ring (bicyclic) bond motifs is 6. The van der Waals surface area contributed by atoms with Crippen LogP contribution in [-0.2, 0) is 10.8 Å². The van der Waals surface area contributed by atoms with Gasteiger partial charge in [0.15, 0.2) is 5.82 Å². The predicted octanol–water partition coefficient (Wildman–Crippen LogP) is 15.9. The molecule has 0 fully saturated rings. The Morgan fingerprint density at radius 1 is 0.312 bits per heavy atom. The fraction of sp³-hybridized carbons (Fsp3) is 0.133. The van der Waals surface area contributed by atoms with Crippen molar-refractivity contribution in [3.8, 4) is 56.4 Å². The molecule has 11 aromatic rings. The minimum atomic E-state index is 0.0458. The Kier molecular flexibility index (Phi) is 9.25. The van der Waals surface area contributed by atoms with Crippen molar-refractivity contribution in [3.05, 3.63) is 205 Å². The maximum atomic E-state index is 5.35. The van der Waals surface area contributed by atoms with Crippen LogP contribution in [0.5, 0.6) is 0 Å². The summed E-state index contributed by atoms with van der Waals surface area (Å²) in [5.41, 5.74) is 16.8. The minimum Gasteiger partial charge on any atom is -0.309 e. The standard InChI is InChI=1S/C60H50N4/c1-59(2,3)44-29-31-56-50(36-44)48-25-10-12-27-54(48)63(56)46-23-15-20-41(34-46)40-19-14-21-42(33-40)53-38-52(39-17-8-7-9-18-39)61-58(62-53)43-22-16-24-47(35-43)64-55-28-13-11-26-49(55)51-37-45(60(4,5)6)30-32-57(51)64/h7-38H,1-6H3. The van der Waals surface area contributed by atoms with Gasteiger partial charge in [-0.3, -0.25) is 0 Å². The summed E-state index contributed by atoms with van der Waals surface area (Å²) < 4.78 is 4.78. The van der Waals surface area contributed by atoms with E-state index < -0.39 is 0 Å². The van der Waals surface area contributed by atoms with Crippen molar-refractivity contribution in [1.29, 1.82) is 0 Å². The fourth-order valence-corrected chi connectivity index (χ4v) is 9.38. The molecule has 0 spiro atoms. The summed E-state index contributed by atoms with van der Waals surface area (Å²) in [7, 11) is 0. The number of nitrogens with zero attached hydrogens (tertiary/aromatic N) is 4. The van der Waals surface area contributed by atoms with Crippen molar-refractivity contribution in [1.82, 2.24) is 19.1 Å². The van der Waals surface area contributed by atoms with Gasteiger partial charge in [0.2, 0.25) is 0 Å². The lowest BCUT2D eigenvalue weighted by Gasteiger charge is -2.19. The molecule has 0 aliphatic carbocycles. The molecule has 8 aromatic carbocycles. The lowest BCUT2D eigenvalue weighted by Crippen LogP contribution is -2.10. The molecule has 0 atom stereocenters. The zero-order chi connectivity index (χ0) is 43.7. The predicted molar refractivity (Wildman–Crippen MR) is 270 cm³/mol. The van der Waals surface area contributed by atoms with Crippen molar-refractivity contribution in [2.75, 3.05) is 0 Å². The molecule has 4 nitrogen and oxygen atoms in total. The highest BCUT2D eigenvalue weighted by Crippen LogP contribution is 2.39. The Hall–Kier alpha value is -7.56. The van der Waals surface area contributed by atoms with Gasteiger partial charge in [-0.1, -0.05) is 163 Å². The highest BCUT2D eigenvalue weighted by molar-refractivity contribution is 6.10. The minimum absolute atomic E-state index is 0.0458. The van der Waals surface area contributed by atoms with Gasteiger partial charge in [-0.2, -0.15) is 0 Å². The maximum absolute atomic E-state index is 5.35. The Morgan fingerprint density at radius 2 is 0.734 bits per heavy atom. The molecular weight excluding hydrogens is 777 g/mol. The van der Waals surface area contributed by atoms with Gasteiger partial charge < -0.3 is 9.13 Å². The van der Waals surface area contributed by atoms with Gasteiger partial charge in [0, 0.05) is 49.6 Å². The first-order valence-electron chi connectivity index (χ1n) is 22.3. The fourth-order valence-electron chi connectivity index (χ4n) is 9.38. The van der Waals surface area contributed by atoms with Gasteiger partial charge in [-0.25, -0.2) is 9.97 Å². The molecule has 0 N–H and O–H groups in total. The molecule has 0 radical (unpaired) electrons. The van der Waals surface area contributed by atoms with E-state index in [1.165, 1.54) is 54.7 Å². The van der Waals surface area contributed by atoms with E-state index in [4.69, 9.17) is 9.97 Å². The third-order valence-corrected chi connectivity index (χ3v) is 12.8. The second-order valence-electron chi connectivity index (χ2n) is 19.2. The Morgan fingerprint density at radius 3 is 1.30 bits per heavy atom. The van der Waals surface area contributed by atoms with Gasteiger partial charge in [0.05, 0.1) is 33.5 Å². The Balaban J connectivity index is 1.02. The van der Waals surface area contributed by atoms with E-state index in [0.29, 0.717) is 5.82 Å². The largest absolute Gasteiger partial charge is 0.309 e. The van der Waals surface area contributed by atoms with Crippen LogP contribution >= 0.6 is 0 Å². The average Bonchev–Trinajstić information content (AvgIpc) is 3.84. The van der Waals surface area contributed by atoms with Crippen molar-refractivity contribution in [3.63, 3.8) is 0 Å². The highest BCUT2D eigenvalue weighted by Gasteiger charge is 2.21. The molecule has 4 heteroatoms. The summed E-state index contributed by atoms with van der Waals surface area (Å²) in [4.78, 5) is 10.6. The summed E-state index contributed by atoms with van der Waals surface area (Å²) >= 11 is 0. The highest BCUT2D eigenvalue weighted by atomic mass is 15.0. The molecule has 0 aliphatic heterocycles. The van der Waals surface area contributed by atoms with Crippen LogP contribution in [-0.4, -0.2) is 19.1 Å². The summed E-state index contributed by atoms with van der Waals surface area (Å²) in [6.45, 7) is 13.7. The quantitative estimate of drug-likeness (QED) is 0.167. The van der Waals surface area contributed by atoms with Gasteiger partial charge >= 0.3 is 0 Å². The van der Waals surface area contributed by atoms with Gasteiger partial charge in [0.25, 0.3) is 0 Å². The average molecular weight is 827 g/mol. The van der Waals surface area contributed by atoms with Crippen molar-refractivity contribution < 1.29 is 0 Å². The number of hydrogen-bond donors (Lipinski definition) is 0. The van der Waals surface area contributed by atoms with Crippen LogP contribution in [0.2, 0.25) is 0 Å². The molecule has 0 saturated heterocycles. The number of hydrogen-bond acceptors (Lipinski definition) is 2. The molecular formula is C60H50N4.